The van der Waals surface area contributed by atoms with Crippen molar-refractivity contribution in [3.8, 4) is 5.69 Å². The van der Waals surface area contributed by atoms with Crippen LogP contribution in [0.5, 0.6) is 0 Å². The van der Waals surface area contributed by atoms with Gasteiger partial charge in [0.2, 0.25) is 5.78 Å². The molecule has 132 valence electrons. The number of carbonyl (C=O) groups is 1. The zero-order chi connectivity index (χ0) is 18.4. The molecular weight excluding hydrogens is 353 g/mol. The second-order valence-electron chi connectivity index (χ2n) is 6.03. The zero-order valence-corrected chi connectivity index (χ0v) is 15.1. The summed E-state index contributed by atoms with van der Waals surface area (Å²) in [5.41, 5.74) is 1.67. The minimum atomic E-state index is -0.515. The largest absolute Gasteiger partial charge is 0.285 e. The molecular formula is C19H16FN3O2S. The van der Waals surface area contributed by atoms with E-state index in [1.807, 2.05) is 19.1 Å². The van der Waals surface area contributed by atoms with Crippen molar-refractivity contribution < 1.29 is 9.18 Å². The monoisotopic (exact) mass is 369 g/mol. The van der Waals surface area contributed by atoms with Crippen LogP contribution in [-0.2, 0) is 6.54 Å². The Balaban J connectivity index is 1.86. The van der Waals surface area contributed by atoms with Crippen LogP contribution >= 0.6 is 10.7 Å². The maximum absolute atomic E-state index is 13.5. The highest BCUT2D eigenvalue weighted by Gasteiger charge is 2.30. The van der Waals surface area contributed by atoms with Crippen LogP contribution in [0.2, 0.25) is 0 Å². The van der Waals surface area contributed by atoms with Gasteiger partial charge in [-0.2, -0.15) is 0 Å². The average Bonchev–Trinajstić information content (AvgIpc) is 2.92. The van der Waals surface area contributed by atoms with Crippen molar-refractivity contribution in [2.75, 3.05) is 6.26 Å². The molecule has 1 aromatic heterocycles. The molecule has 5 nitrogen and oxygen atoms in total. The molecule has 0 fully saturated rings. The van der Waals surface area contributed by atoms with E-state index in [4.69, 9.17) is 0 Å². The van der Waals surface area contributed by atoms with E-state index in [-0.39, 0.29) is 27.6 Å². The lowest BCUT2D eigenvalue weighted by Gasteiger charge is -2.08. The predicted molar refractivity (Wildman–Crippen MR) is 103 cm³/mol. The van der Waals surface area contributed by atoms with Gasteiger partial charge in [-0.05, 0) is 49.1 Å². The van der Waals surface area contributed by atoms with E-state index in [0.29, 0.717) is 23.1 Å². The molecule has 26 heavy (non-hydrogen) atoms. The number of benzene rings is 2. The second kappa shape index (κ2) is 6.26. The van der Waals surface area contributed by atoms with Crippen molar-refractivity contribution in [3.05, 3.63) is 69.5 Å². The number of carbonyl (C=O) groups excluding carboxylic acids is 1. The average molecular weight is 369 g/mol. The van der Waals surface area contributed by atoms with Gasteiger partial charge in [0.15, 0.2) is 5.82 Å². The van der Waals surface area contributed by atoms with Crippen LogP contribution in [-0.4, -0.2) is 27.0 Å². The molecule has 1 N–H and O–H groups in total. The van der Waals surface area contributed by atoms with E-state index in [1.165, 1.54) is 16.7 Å². The first-order valence-corrected chi connectivity index (χ1v) is 9.77. The Labute approximate surface area is 151 Å². The highest BCUT2D eigenvalue weighted by atomic mass is 32.2. The van der Waals surface area contributed by atoms with E-state index in [1.54, 1.807) is 6.07 Å². The van der Waals surface area contributed by atoms with Crippen LogP contribution < -0.4 is 10.3 Å². The summed E-state index contributed by atoms with van der Waals surface area (Å²) in [6.07, 6.45) is 2.08. The molecule has 3 aromatic rings. The summed E-state index contributed by atoms with van der Waals surface area (Å²) in [4.78, 5) is 29.9. The van der Waals surface area contributed by atoms with Crippen LogP contribution in [0.1, 0.15) is 28.7 Å². The fraction of sp³-hybridized carbons (Fsp3) is 0.158. The van der Waals surface area contributed by atoms with Crippen LogP contribution in [0.15, 0.2) is 41.2 Å². The number of nitrogens with one attached hydrogen (secondary N) is 1. The molecule has 0 bridgehead atoms. The zero-order valence-electron chi connectivity index (χ0n) is 14.2. The molecule has 0 saturated carbocycles. The molecule has 0 radical (unpaired) electrons. The van der Waals surface area contributed by atoms with Gasteiger partial charge in [0.25, 0.3) is 5.56 Å². The van der Waals surface area contributed by atoms with E-state index >= 15 is 0 Å². The third-order valence-corrected chi connectivity index (χ3v) is 5.75. The van der Waals surface area contributed by atoms with Crippen molar-refractivity contribution in [3.63, 3.8) is 0 Å². The molecule has 0 amide bonds. The Kier molecular flexibility index (Phi) is 4.05. The Morgan fingerprint density at radius 3 is 2.81 bits per heavy atom. The Morgan fingerprint density at radius 1 is 1.23 bits per heavy atom. The summed E-state index contributed by atoms with van der Waals surface area (Å²) in [5.74, 6) is -0.915. The highest BCUT2D eigenvalue weighted by molar-refractivity contribution is 8.12. The lowest BCUT2D eigenvalue weighted by molar-refractivity contribution is 0.103. The van der Waals surface area contributed by atoms with Gasteiger partial charge in [0.05, 0.1) is 22.2 Å². The van der Waals surface area contributed by atoms with Crippen LogP contribution in [0.3, 0.4) is 0 Å². The summed E-state index contributed by atoms with van der Waals surface area (Å²) in [7, 11) is -0.00112. The van der Waals surface area contributed by atoms with Crippen molar-refractivity contribution in [1.29, 1.82) is 0 Å². The quantitative estimate of drug-likeness (QED) is 0.564. The maximum atomic E-state index is 13.5. The van der Waals surface area contributed by atoms with Gasteiger partial charge in [0, 0.05) is 6.54 Å². The molecule has 7 heteroatoms. The minimum absolute atomic E-state index is 0.00112. The van der Waals surface area contributed by atoms with Crippen molar-refractivity contribution in [2.24, 2.45) is 0 Å². The smallest absolute Gasteiger partial charge is 0.266 e. The Bertz CT molecular complexity index is 1170. The van der Waals surface area contributed by atoms with Gasteiger partial charge in [-0.15, -0.1) is 10.7 Å². The number of hydrogen-bond acceptors (Lipinski definition) is 4. The van der Waals surface area contributed by atoms with Crippen molar-refractivity contribution >= 4 is 32.7 Å². The Hall–Kier alpha value is -2.64. The summed E-state index contributed by atoms with van der Waals surface area (Å²) in [6, 6.07) is 9.24. The fourth-order valence-electron chi connectivity index (χ4n) is 3.00. The number of ketones is 1. The van der Waals surface area contributed by atoms with E-state index in [9.17, 15) is 14.0 Å². The van der Waals surface area contributed by atoms with Gasteiger partial charge >= 0.3 is 0 Å². The molecule has 0 spiro atoms. The van der Waals surface area contributed by atoms with Crippen LogP contribution in [0, 0.1) is 5.82 Å². The highest BCUT2D eigenvalue weighted by Crippen LogP contribution is 2.27. The lowest BCUT2D eigenvalue weighted by Crippen LogP contribution is -2.21. The standard InChI is InChI=1S/C19H16FN3O2S/c1-3-26(2)21-10-11-4-6-13-15(8-11)22-18-17(24)14-9-12(20)5-7-16(14)23(18)19(13)25/h3-9,21H,10H2,1-2H3. The van der Waals surface area contributed by atoms with Crippen molar-refractivity contribution in [1.82, 2.24) is 14.3 Å². The van der Waals surface area contributed by atoms with E-state index in [2.05, 4.69) is 21.3 Å². The minimum Gasteiger partial charge on any atom is -0.285 e. The molecule has 1 atom stereocenters. The third-order valence-electron chi connectivity index (χ3n) is 4.44. The first kappa shape index (κ1) is 16.8. The molecule has 1 aliphatic heterocycles. The predicted octanol–water partition coefficient (Wildman–Crippen LogP) is 2.79. The molecule has 2 heterocycles. The molecule has 4 rings (SSSR count). The number of nitrogens with zero attached hydrogens (tertiary/aromatic N) is 2. The van der Waals surface area contributed by atoms with Crippen molar-refractivity contribution in [2.45, 2.75) is 13.5 Å². The van der Waals surface area contributed by atoms with Crippen LogP contribution in [0.4, 0.5) is 4.39 Å². The molecule has 0 aliphatic carbocycles. The lowest BCUT2D eigenvalue weighted by atomic mass is 10.1. The maximum Gasteiger partial charge on any atom is 0.266 e. The number of halogens is 1. The van der Waals surface area contributed by atoms with E-state index in [0.717, 1.165) is 11.6 Å². The first-order chi connectivity index (χ1) is 12.5. The van der Waals surface area contributed by atoms with Crippen LogP contribution in [0.25, 0.3) is 16.6 Å². The number of fused-ring (bicyclic) bond motifs is 4. The van der Waals surface area contributed by atoms with Gasteiger partial charge < -0.3 is 0 Å². The Morgan fingerprint density at radius 2 is 2.04 bits per heavy atom. The first-order valence-electron chi connectivity index (χ1n) is 8.07. The molecule has 2 aromatic carbocycles. The van der Waals surface area contributed by atoms with E-state index < -0.39 is 11.6 Å². The van der Waals surface area contributed by atoms with Gasteiger partial charge in [0.1, 0.15) is 5.82 Å². The summed E-state index contributed by atoms with van der Waals surface area (Å²) >= 11 is 0. The third kappa shape index (κ3) is 2.60. The normalized spacial score (nSPS) is 13.9. The summed E-state index contributed by atoms with van der Waals surface area (Å²) in [6.45, 7) is 2.63. The number of aromatic nitrogens is 2. The SMILES string of the molecule is C/C=S(\C)NCc1ccc2c(=O)n3c(nc2c1)C(=O)c1cc(F)ccc1-3. The topological polar surface area (TPSA) is 64.0 Å². The number of hydrogen-bond donors (Lipinski definition) is 1. The van der Waals surface area contributed by atoms with Gasteiger partial charge in [-0.3, -0.25) is 18.9 Å². The van der Waals surface area contributed by atoms with Gasteiger partial charge in [-0.1, -0.05) is 11.4 Å². The van der Waals surface area contributed by atoms with Gasteiger partial charge in [-0.25, -0.2) is 9.37 Å². The summed E-state index contributed by atoms with van der Waals surface area (Å²) in [5, 5.41) is 2.51. The summed E-state index contributed by atoms with van der Waals surface area (Å²) < 4.78 is 18.1. The second-order valence-corrected chi connectivity index (χ2v) is 7.91. The molecule has 1 aliphatic rings. The fourth-order valence-corrected chi connectivity index (χ4v) is 3.56. The molecule has 1 unspecified atom stereocenters. The number of rotatable bonds is 3. The molecule has 0 saturated heterocycles.